The molecule has 0 saturated carbocycles. The van der Waals surface area contributed by atoms with Gasteiger partial charge in [0.25, 0.3) is 0 Å². The van der Waals surface area contributed by atoms with Gasteiger partial charge in [0.05, 0.1) is 0 Å². The second-order valence-electron chi connectivity index (χ2n) is 5.11. The van der Waals surface area contributed by atoms with E-state index in [2.05, 4.69) is 68.2 Å². The molecule has 0 aromatic heterocycles. The lowest BCUT2D eigenvalue weighted by molar-refractivity contribution is 0.832. The van der Waals surface area contributed by atoms with Crippen molar-refractivity contribution in [3.05, 3.63) is 70.3 Å². The van der Waals surface area contributed by atoms with Gasteiger partial charge < -0.3 is 5.73 Å². The zero-order valence-corrected chi connectivity index (χ0v) is 12.2. The predicted molar refractivity (Wildman–Crippen MR) is 85.7 cm³/mol. The van der Waals surface area contributed by atoms with E-state index < -0.39 is 0 Å². The molecule has 102 valence electrons. The smallest absolute Gasteiger partial charge is 0.0307 e. The van der Waals surface area contributed by atoms with Gasteiger partial charge in [0, 0.05) is 11.1 Å². The van der Waals surface area contributed by atoms with E-state index in [1.807, 2.05) is 0 Å². The number of aryl methyl sites for hydroxylation is 3. The zero-order valence-electron chi connectivity index (χ0n) is 12.2. The topological polar surface area (TPSA) is 26.0 Å². The zero-order chi connectivity index (χ0) is 14.4. The van der Waals surface area contributed by atoms with Gasteiger partial charge in [0.1, 0.15) is 0 Å². The van der Waals surface area contributed by atoms with Gasteiger partial charge in [-0.3, -0.25) is 0 Å². The molecular weight excluding hydrogens is 242 g/mol. The Kier molecular flexibility index (Phi) is 4.98. The Bertz CT molecular complexity index is 624. The average Bonchev–Trinajstić information content (AvgIpc) is 2.45. The second-order valence-corrected chi connectivity index (χ2v) is 5.11. The van der Waals surface area contributed by atoms with E-state index in [1.165, 1.54) is 16.7 Å². The Morgan fingerprint density at radius 3 is 2.35 bits per heavy atom. The van der Waals surface area contributed by atoms with Gasteiger partial charge in [0.2, 0.25) is 0 Å². The van der Waals surface area contributed by atoms with Gasteiger partial charge in [-0.25, -0.2) is 0 Å². The van der Waals surface area contributed by atoms with E-state index in [-0.39, 0.29) is 0 Å². The van der Waals surface area contributed by atoms with Crippen LogP contribution in [-0.4, -0.2) is 6.54 Å². The first-order valence-electron chi connectivity index (χ1n) is 7.08. The first-order valence-corrected chi connectivity index (χ1v) is 7.08. The normalized spacial score (nSPS) is 9.95. The van der Waals surface area contributed by atoms with Crippen molar-refractivity contribution in [3.63, 3.8) is 0 Å². The molecule has 0 aliphatic rings. The van der Waals surface area contributed by atoms with Gasteiger partial charge >= 0.3 is 0 Å². The highest BCUT2D eigenvalue weighted by Gasteiger charge is 1.98. The van der Waals surface area contributed by atoms with Crippen molar-refractivity contribution >= 4 is 0 Å². The lowest BCUT2D eigenvalue weighted by Crippen LogP contribution is -2.00. The van der Waals surface area contributed by atoms with Crippen molar-refractivity contribution in [2.45, 2.75) is 26.7 Å². The van der Waals surface area contributed by atoms with E-state index >= 15 is 0 Å². The van der Waals surface area contributed by atoms with Crippen molar-refractivity contribution in [2.24, 2.45) is 5.73 Å². The molecule has 1 nitrogen and oxygen atoms in total. The summed E-state index contributed by atoms with van der Waals surface area (Å²) in [6.07, 6.45) is 2.04. The molecule has 0 bridgehead atoms. The van der Waals surface area contributed by atoms with E-state index in [0.717, 1.165) is 30.5 Å². The third-order valence-corrected chi connectivity index (χ3v) is 3.41. The summed E-state index contributed by atoms with van der Waals surface area (Å²) < 4.78 is 0. The highest BCUT2D eigenvalue weighted by Crippen LogP contribution is 2.12. The molecule has 0 saturated heterocycles. The molecule has 0 fully saturated rings. The number of hydrogen-bond acceptors (Lipinski definition) is 1. The quantitative estimate of drug-likeness (QED) is 0.841. The van der Waals surface area contributed by atoms with Crippen molar-refractivity contribution in [1.82, 2.24) is 0 Å². The van der Waals surface area contributed by atoms with Gasteiger partial charge in [-0.1, -0.05) is 42.2 Å². The lowest BCUT2D eigenvalue weighted by Gasteiger charge is -2.02. The number of rotatable bonds is 3. The molecule has 2 aromatic rings. The van der Waals surface area contributed by atoms with Crippen LogP contribution < -0.4 is 5.73 Å². The Morgan fingerprint density at radius 2 is 1.65 bits per heavy atom. The minimum absolute atomic E-state index is 0.734. The van der Waals surface area contributed by atoms with Crippen LogP contribution in [0, 0.1) is 25.7 Å². The average molecular weight is 263 g/mol. The molecule has 2 rings (SSSR count). The summed E-state index contributed by atoms with van der Waals surface area (Å²) in [6, 6.07) is 14.7. The fraction of sp³-hybridized carbons (Fsp3) is 0.263. The summed E-state index contributed by atoms with van der Waals surface area (Å²) in [7, 11) is 0. The summed E-state index contributed by atoms with van der Waals surface area (Å²) in [5, 5.41) is 0. The predicted octanol–water partition coefficient (Wildman–Crippen LogP) is 3.59. The molecule has 0 aliphatic carbocycles. The van der Waals surface area contributed by atoms with Crippen LogP contribution in [0.2, 0.25) is 0 Å². The van der Waals surface area contributed by atoms with Crippen LogP contribution in [0.4, 0.5) is 0 Å². The molecule has 2 N–H and O–H groups in total. The molecule has 2 aromatic carbocycles. The number of nitrogens with two attached hydrogens (primary N) is 1. The van der Waals surface area contributed by atoms with Crippen molar-refractivity contribution < 1.29 is 0 Å². The summed E-state index contributed by atoms with van der Waals surface area (Å²) in [6.45, 7) is 4.95. The number of hydrogen-bond donors (Lipinski definition) is 1. The molecule has 20 heavy (non-hydrogen) atoms. The van der Waals surface area contributed by atoms with Gasteiger partial charge in [-0.05, 0) is 62.1 Å². The monoisotopic (exact) mass is 263 g/mol. The van der Waals surface area contributed by atoms with Crippen molar-refractivity contribution in [1.29, 1.82) is 0 Å². The fourth-order valence-electron chi connectivity index (χ4n) is 2.26. The standard InChI is InChI=1S/C19H21N/c1-15-6-3-7-16(2)19(15)12-11-18-9-4-8-17(14-18)10-5-13-20/h3-4,6-9,14H,5,10,13,20H2,1-2H3. The highest BCUT2D eigenvalue weighted by molar-refractivity contribution is 5.50. The molecule has 0 amide bonds. The maximum Gasteiger partial charge on any atom is 0.0307 e. The van der Waals surface area contributed by atoms with Crippen LogP contribution in [-0.2, 0) is 6.42 Å². The van der Waals surface area contributed by atoms with E-state index in [0.29, 0.717) is 0 Å². The van der Waals surface area contributed by atoms with Gasteiger partial charge in [-0.15, -0.1) is 0 Å². The maximum absolute atomic E-state index is 5.55. The van der Waals surface area contributed by atoms with E-state index in [4.69, 9.17) is 5.73 Å². The summed E-state index contributed by atoms with van der Waals surface area (Å²) in [5.74, 6) is 6.58. The maximum atomic E-state index is 5.55. The third kappa shape index (κ3) is 3.73. The van der Waals surface area contributed by atoms with Gasteiger partial charge in [0.15, 0.2) is 0 Å². The van der Waals surface area contributed by atoms with Crippen molar-refractivity contribution in [3.8, 4) is 11.8 Å². The van der Waals surface area contributed by atoms with Crippen LogP contribution in [0.5, 0.6) is 0 Å². The van der Waals surface area contributed by atoms with E-state index in [1.54, 1.807) is 0 Å². The summed E-state index contributed by atoms with van der Waals surface area (Å²) in [4.78, 5) is 0. The fourth-order valence-corrected chi connectivity index (χ4v) is 2.26. The largest absolute Gasteiger partial charge is 0.330 e. The first-order chi connectivity index (χ1) is 9.70. The van der Waals surface area contributed by atoms with Crippen LogP contribution in [0.25, 0.3) is 0 Å². The molecule has 0 unspecified atom stereocenters. The molecule has 0 spiro atoms. The highest BCUT2D eigenvalue weighted by atomic mass is 14.5. The lowest BCUT2D eigenvalue weighted by atomic mass is 10.0. The Hall–Kier alpha value is -2.04. The van der Waals surface area contributed by atoms with Crippen LogP contribution in [0.15, 0.2) is 42.5 Å². The third-order valence-electron chi connectivity index (χ3n) is 3.41. The second kappa shape index (κ2) is 6.93. The first kappa shape index (κ1) is 14.4. The Morgan fingerprint density at radius 1 is 0.950 bits per heavy atom. The number of benzene rings is 2. The summed E-state index contributed by atoms with van der Waals surface area (Å²) in [5.41, 5.74) is 11.5. The van der Waals surface area contributed by atoms with Crippen LogP contribution in [0.1, 0.15) is 34.2 Å². The van der Waals surface area contributed by atoms with Crippen molar-refractivity contribution in [2.75, 3.05) is 6.54 Å². The van der Waals surface area contributed by atoms with Crippen LogP contribution >= 0.6 is 0 Å². The molecule has 0 radical (unpaired) electrons. The molecule has 0 heterocycles. The van der Waals surface area contributed by atoms with Crippen LogP contribution in [0.3, 0.4) is 0 Å². The van der Waals surface area contributed by atoms with E-state index in [9.17, 15) is 0 Å². The minimum atomic E-state index is 0.734. The molecular formula is C19H21N. The Balaban J connectivity index is 2.24. The Labute approximate surface area is 121 Å². The molecule has 0 atom stereocenters. The van der Waals surface area contributed by atoms with Gasteiger partial charge in [-0.2, -0.15) is 0 Å². The minimum Gasteiger partial charge on any atom is -0.330 e. The molecule has 1 heteroatoms. The summed E-state index contributed by atoms with van der Waals surface area (Å²) >= 11 is 0. The molecule has 0 aliphatic heterocycles. The SMILES string of the molecule is Cc1cccc(C)c1C#Cc1cccc(CCCN)c1.